The van der Waals surface area contributed by atoms with Crippen molar-refractivity contribution in [3.63, 3.8) is 0 Å². The molecule has 0 fully saturated rings. The first-order valence-corrected chi connectivity index (χ1v) is 11.8. The predicted octanol–water partition coefficient (Wildman–Crippen LogP) is 6.06. The van der Waals surface area contributed by atoms with Crippen molar-refractivity contribution in [1.29, 1.82) is 0 Å². The van der Waals surface area contributed by atoms with E-state index in [0.29, 0.717) is 0 Å². The molecule has 2 rings (SSSR count). The molecule has 0 N–H and O–H groups in total. The third-order valence-corrected chi connectivity index (χ3v) is 9.49. The van der Waals surface area contributed by atoms with Crippen molar-refractivity contribution in [1.82, 2.24) is 0 Å². The normalized spacial score (nSPS) is 14.3. The third kappa shape index (κ3) is 5.59. The van der Waals surface area contributed by atoms with Crippen LogP contribution in [-0.2, 0) is 10.8 Å². The van der Waals surface area contributed by atoms with Gasteiger partial charge in [0.1, 0.15) is 5.60 Å². The van der Waals surface area contributed by atoms with E-state index in [2.05, 4.69) is 76.9 Å². The van der Waals surface area contributed by atoms with E-state index in [1.165, 1.54) is 5.56 Å². The highest BCUT2D eigenvalue weighted by molar-refractivity contribution is 6.74. The molecule has 1 nitrogen and oxygen atoms in total. The van der Waals surface area contributed by atoms with Gasteiger partial charge in [-0.2, -0.15) is 0 Å². The summed E-state index contributed by atoms with van der Waals surface area (Å²) < 4.78 is 6.78. The molecule has 0 saturated carbocycles. The van der Waals surface area contributed by atoms with Gasteiger partial charge in [-0.1, -0.05) is 81.1 Å². The van der Waals surface area contributed by atoms with Crippen LogP contribution in [0.4, 0.5) is 0 Å². The average Bonchev–Trinajstić information content (AvgIpc) is 2.53. The van der Waals surface area contributed by atoms with Crippen LogP contribution in [0.15, 0.2) is 60.7 Å². The molecule has 0 aliphatic carbocycles. The molecule has 2 heteroatoms. The van der Waals surface area contributed by atoms with Crippen LogP contribution in [0.5, 0.6) is 0 Å². The highest BCUT2D eigenvalue weighted by atomic mass is 28.4. The molecule has 0 radical (unpaired) electrons. The van der Waals surface area contributed by atoms with Gasteiger partial charge in [0, 0.05) is 12.0 Å². The molecular weight excluding hydrogens is 320 g/mol. The molecule has 0 heterocycles. The topological polar surface area (TPSA) is 9.23 Å². The fraction of sp³-hybridized carbons (Fsp3) is 0.391. The van der Waals surface area contributed by atoms with Crippen molar-refractivity contribution < 1.29 is 4.43 Å². The number of rotatable bonds is 4. The molecule has 25 heavy (non-hydrogen) atoms. The predicted molar refractivity (Wildman–Crippen MR) is 110 cm³/mol. The molecule has 0 aromatic heterocycles. The van der Waals surface area contributed by atoms with E-state index in [9.17, 15) is 0 Å². The Morgan fingerprint density at radius 3 is 1.88 bits per heavy atom. The number of hydrogen-bond acceptors (Lipinski definition) is 1. The molecule has 2 aromatic carbocycles. The fourth-order valence-electron chi connectivity index (χ4n) is 2.53. The van der Waals surface area contributed by atoms with Gasteiger partial charge in [0.25, 0.3) is 0 Å². The zero-order valence-corrected chi connectivity index (χ0v) is 17.4. The molecular formula is C23H30OSi. The van der Waals surface area contributed by atoms with Crippen LogP contribution >= 0.6 is 0 Å². The van der Waals surface area contributed by atoms with E-state index in [-0.39, 0.29) is 5.04 Å². The molecule has 0 amide bonds. The van der Waals surface area contributed by atoms with Crippen molar-refractivity contribution in [2.24, 2.45) is 0 Å². The lowest BCUT2D eigenvalue weighted by molar-refractivity contribution is 0.132. The van der Waals surface area contributed by atoms with Gasteiger partial charge >= 0.3 is 0 Å². The van der Waals surface area contributed by atoms with E-state index in [4.69, 9.17) is 4.43 Å². The summed E-state index contributed by atoms with van der Waals surface area (Å²) in [7, 11) is -1.93. The van der Waals surface area contributed by atoms with Crippen LogP contribution in [0.1, 0.15) is 38.8 Å². The molecule has 0 saturated heterocycles. The fourth-order valence-corrected chi connectivity index (χ4v) is 4.09. The maximum absolute atomic E-state index is 6.78. The summed E-state index contributed by atoms with van der Waals surface area (Å²) >= 11 is 0. The summed E-state index contributed by atoms with van der Waals surface area (Å²) in [4.78, 5) is 0. The van der Waals surface area contributed by atoms with Gasteiger partial charge in [-0.25, -0.2) is 0 Å². The van der Waals surface area contributed by atoms with Gasteiger partial charge < -0.3 is 4.43 Å². The summed E-state index contributed by atoms with van der Waals surface area (Å²) in [6, 6.07) is 20.6. The van der Waals surface area contributed by atoms with E-state index >= 15 is 0 Å². The zero-order valence-electron chi connectivity index (χ0n) is 16.4. The maximum atomic E-state index is 6.78. The molecule has 0 bridgehead atoms. The first-order valence-electron chi connectivity index (χ1n) is 8.94. The van der Waals surface area contributed by atoms with Crippen molar-refractivity contribution in [3.05, 3.63) is 71.8 Å². The highest BCUT2D eigenvalue weighted by Crippen LogP contribution is 2.39. The van der Waals surface area contributed by atoms with Crippen LogP contribution in [0, 0.1) is 11.8 Å². The first-order chi connectivity index (χ1) is 11.6. The smallest absolute Gasteiger partial charge is 0.194 e. The lowest BCUT2D eigenvalue weighted by atomic mass is 9.97. The second-order valence-corrected chi connectivity index (χ2v) is 13.1. The quantitative estimate of drug-likeness (QED) is 0.481. The highest BCUT2D eigenvalue weighted by Gasteiger charge is 2.42. The minimum Gasteiger partial charge on any atom is -0.401 e. The van der Waals surface area contributed by atoms with Gasteiger partial charge in [0.2, 0.25) is 0 Å². The van der Waals surface area contributed by atoms with Crippen molar-refractivity contribution >= 4 is 8.32 Å². The largest absolute Gasteiger partial charge is 0.401 e. The maximum Gasteiger partial charge on any atom is 0.194 e. The third-order valence-electron chi connectivity index (χ3n) is 4.92. The SMILES string of the molecule is CC(C#Cc1ccccc1)(Cc1ccccc1)O[Si](C)(C)C(C)(C)C. The van der Waals surface area contributed by atoms with Crippen LogP contribution in [-0.4, -0.2) is 13.9 Å². The molecule has 0 aliphatic heterocycles. The second kappa shape index (κ2) is 7.60. The Morgan fingerprint density at radius 2 is 1.36 bits per heavy atom. The lowest BCUT2D eigenvalue weighted by Crippen LogP contribution is -2.49. The standard InChI is InChI=1S/C23H30OSi/c1-22(2,3)25(5,6)24-23(4,19-21-15-11-8-12-16-21)18-17-20-13-9-7-10-14-20/h7-16H,19H2,1-6H3. The summed E-state index contributed by atoms with van der Waals surface area (Å²) in [6.07, 6.45) is 0.792. The average molecular weight is 351 g/mol. The Labute approximate surface area is 154 Å². The van der Waals surface area contributed by atoms with Gasteiger partial charge in [-0.05, 0) is 42.8 Å². The van der Waals surface area contributed by atoms with Gasteiger partial charge in [0.15, 0.2) is 8.32 Å². The molecule has 0 spiro atoms. The lowest BCUT2D eigenvalue weighted by Gasteiger charge is -2.42. The van der Waals surface area contributed by atoms with Crippen molar-refractivity contribution in [2.75, 3.05) is 0 Å². The first kappa shape index (κ1) is 19.5. The van der Waals surface area contributed by atoms with E-state index < -0.39 is 13.9 Å². The van der Waals surface area contributed by atoms with Crippen LogP contribution < -0.4 is 0 Å². The number of benzene rings is 2. The Bertz CT molecular complexity index is 732. The Morgan fingerprint density at radius 1 is 0.840 bits per heavy atom. The van der Waals surface area contributed by atoms with Gasteiger partial charge in [-0.15, -0.1) is 0 Å². The summed E-state index contributed by atoms with van der Waals surface area (Å²) in [6.45, 7) is 13.5. The molecule has 0 aliphatic rings. The summed E-state index contributed by atoms with van der Waals surface area (Å²) in [5.74, 6) is 6.78. The monoisotopic (exact) mass is 350 g/mol. The van der Waals surface area contributed by atoms with Crippen LogP contribution in [0.25, 0.3) is 0 Å². The Kier molecular flexibility index (Phi) is 5.93. The number of hydrogen-bond donors (Lipinski definition) is 0. The summed E-state index contributed by atoms with van der Waals surface area (Å²) in [5, 5.41) is 0.152. The van der Waals surface area contributed by atoms with Crippen LogP contribution in [0.3, 0.4) is 0 Å². The Hall–Kier alpha value is -1.82. The Balaban J connectivity index is 2.36. The molecule has 2 aromatic rings. The van der Waals surface area contributed by atoms with Crippen LogP contribution in [0.2, 0.25) is 18.1 Å². The van der Waals surface area contributed by atoms with Gasteiger partial charge in [0.05, 0.1) is 0 Å². The van der Waals surface area contributed by atoms with Gasteiger partial charge in [-0.3, -0.25) is 0 Å². The van der Waals surface area contributed by atoms with Crippen molar-refractivity contribution in [3.8, 4) is 11.8 Å². The second-order valence-electron chi connectivity index (χ2n) is 8.37. The van der Waals surface area contributed by atoms with E-state index in [1.807, 2.05) is 36.4 Å². The van der Waals surface area contributed by atoms with E-state index in [1.54, 1.807) is 0 Å². The van der Waals surface area contributed by atoms with Crippen molar-refractivity contribution in [2.45, 2.75) is 57.8 Å². The minimum absolute atomic E-state index is 0.152. The minimum atomic E-state index is -1.93. The molecule has 1 atom stereocenters. The molecule has 1 unspecified atom stereocenters. The molecule has 132 valence electrons. The zero-order chi connectivity index (χ0) is 18.6. The summed E-state index contributed by atoms with van der Waals surface area (Å²) in [5.41, 5.74) is 1.78. The van der Waals surface area contributed by atoms with E-state index in [0.717, 1.165) is 12.0 Å².